The van der Waals surface area contributed by atoms with Gasteiger partial charge < -0.3 is 23.7 Å². The van der Waals surface area contributed by atoms with Gasteiger partial charge in [0, 0.05) is 5.39 Å². The number of fused-ring (bicyclic) bond motifs is 1. The number of hydrogen-bond acceptors (Lipinski definition) is 8. The number of carbonyl (C=O) groups excluding carboxylic acids is 2. The molecule has 3 aromatic rings. The van der Waals surface area contributed by atoms with E-state index >= 15 is 0 Å². The summed E-state index contributed by atoms with van der Waals surface area (Å²) >= 11 is 0. The largest absolute Gasteiger partial charge is 0.465 e. The third kappa shape index (κ3) is 4.68. The van der Waals surface area contributed by atoms with E-state index in [0.29, 0.717) is 10.9 Å². The molecule has 1 N–H and O–H groups in total. The van der Waals surface area contributed by atoms with Gasteiger partial charge in [0.1, 0.15) is 22.5 Å². The minimum atomic E-state index is -0.970. The zero-order valence-electron chi connectivity index (χ0n) is 15.7. The molecule has 1 heterocycles. The summed E-state index contributed by atoms with van der Waals surface area (Å²) in [6, 6.07) is 12.3. The number of aliphatic hydroxyl groups is 1. The van der Waals surface area contributed by atoms with Crippen molar-refractivity contribution >= 4 is 22.9 Å². The fourth-order valence-electron chi connectivity index (χ4n) is 2.61. The second-order valence-corrected chi connectivity index (χ2v) is 6.11. The van der Waals surface area contributed by atoms with Gasteiger partial charge in [-0.25, -0.2) is 14.4 Å². The number of benzene rings is 2. The van der Waals surface area contributed by atoms with Crippen molar-refractivity contribution in [3.8, 4) is 5.75 Å². The van der Waals surface area contributed by atoms with Crippen LogP contribution in [0.4, 0.5) is 0 Å². The lowest BCUT2D eigenvalue weighted by atomic mass is 10.1. The van der Waals surface area contributed by atoms with Crippen molar-refractivity contribution in [1.82, 2.24) is 0 Å². The Balaban J connectivity index is 1.92. The van der Waals surface area contributed by atoms with Crippen LogP contribution in [0.15, 0.2) is 57.7 Å². The van der Waals surface area contributed by atoms with Gasteiger partial charge in [-0.3, -0.25) is 0 Å². The average molecular weight is 398 g/mol. The lowest BCUT2D eigenvalue weighted by Gasteiger charge is -2.09. The normalized spacial score (nSPS) is 11.8. The number of carbonyl (C=O) groups is 2. The summed E-state index contributed by atoms with van der Waals surface area (Å²) < 4.78 is 20.2. The molecule has 0 spiro atoms. The van der Waals surface area contributed by atoms with Gasteiger partial charge >= 0.3 is 17.6 Å². The molecule has 0 aliphatic rings. The molecule has 0 fully saturated rings. The number of rotatable bonds is 6. The Hall–Kier alpha value is -3.49. The summed E-state index contributed by atoms with van der Waals surface area (Å²) in [5.74, 6) is -1.69. The first-order chi connectivity index (χ1) is 13.9. The fourth-order valence-corrected chi connectivity index (χ4v) is 2.61. The van der Waals surface area contributed by atoms with Gasteiger partial charge in [-0.2, -0.15) is 0 Å². The van der Waals surface area contributed by atoms with E-state index in [2.05, 4.69) is 4.74 Å². The predicted octanol–water partition coefficient (Wildman–Crippen LogP) is 2.65. The highest BCUT2D eigenvalue weighted by molar-refractivity contribution is 5.97. The summed E-state index contributed by atoms with van der Waals surface area (Å²) in [4.78, 5) is 36.6. The summed E-state index contributed by atoms with van der Waals surface area (Å²) in [5, 5.41) is 9.70. The Morgan fingerprint density at radius 2 is 1.83 bits per heavy atom. The van der Waals surface area contributed by atoms with Gasteiger partial charge in [0.25, 0.3) is 0 Å². The molecule has 3 rings (SSSR count). The maximum Gasteiger partial charge on any atom is 0.351 e. The molecule has 0 saturated heterocycles. The van der Waals surface area contributed by atoms with E-state index in [9.17, 15) is 19.5 Å². The molecule has 8 heteroatoms. The van der Waals surface area contributed by atoms with E-state index in [1.807, 2.05) is 0 Å². The van der Waals surface area contributed by atoms with Crippen LogP contribution in [-0.2, 0) is 16.1 Å². The number of ether oxygens (including phenoxy) is 3. The van der Waals surface area contributed by atoms with Crippen LogP contribution >= 0.6 is 0 Å². The smallest absolute Gasteiger partial charge is 0.351 e. The standard InChI is InChI=1S/C21H18O8/c1-12(22)27-11-13-7-8-17-14(9-13)10-16(20(24)28-17)21(25)29-18-6-4-3-5-15(18)19(23)26-2/h3-10,12,22H,11H2,1-2H3. The topological polar surface area (TPSA) is 112 Å². The molecular formula is C21H18O8. The summed E-state index contributed by atoms with van der Waals surface area (Å²) in [6.07, 6.45) is -0.931. The molecule has 150 valence electrons. The molecule has 2 aromatic carbocycles. The van der Waals surface area contributed by atoms with Crippen LogP contribution in [0.2, 0.25) is 0 Å². The van der Waals surface area contributed by atoms with Crippen LogP contribution in [0.5, 0.6) is 5.75 Å². The van der Waals surface area contributed by atoms with Crippen LogP contribution in [0.25, 0.3) is 11.0 Å². The molecule has 0 bridgehead atoms. The van der Waals surface area contributed by atoms with Crippen molar-refractivity contribution in [2.75, 3.05) is 7.11 Å². The number of methoxy groups -OCH3 is 1. The highest BCUT2D eigenvalue weighted by Gasteiger charge is 2.20. The lowest BCUT2D eigenvalue weighted by molar-refractivity contribution is -0.0939. The Labute approximate surface area is 165 Å². The van der Waals surface area contributed by atoms with Crippen LogP contribution in [0, 0.1) is 0 Å². The van der Waals surface area contributed by atoms with Crippen LogP contribution in [0.1, 0.15) is 33.2 Å². The first kappa shape index (κ1) is 20.2. The third-order valence-electron chi connectivity index (χ3n) is 4.00. The number of para-hydroxylation sites is 1. The molecule has 1 unspecified atom stereocenters. The van der Waals surface area contributed by atoms with Gasteiger partial charge in [0.15, 0.2) is 6.29 Å². The van der Waals surface area contributed by atoms with Crippen molar-refractivity contribution in [1.29, 1.82) is 0 Å². The van der Waals surface area contributed by atoms with Gasteiger partial charge in [0.05, 0.1) is 13.7 Å². The zero-order valence-corrected chi connectivity index (χ0v) is 15.7. The first-order valence-electron chi connectivity index (χ1n) is 8.65. The number of esters is 2. The Morgan fingerprint density at radius 3 is 2.55 bits per heavy atom. The minimum Gasteiger partial charge on any atom is -0.465 e. The summed E-state index contributed by atoms with van der Waals surface area (Å²) in [7, 11) is 1.21. The molecule has 0 radical (unpaired) electrons. The quantitative estimate of drug-likeness (QED) is 0.292. The molecule has 0 aliphatic heterocycles. The second-order valence-electron chi connectivity index (χ2n) is 6.11. The van der Waals surface area contributed by atoms with Gasteiger partial charge in [-0.15, -0.1) is 0 Å². The van der Waals surface area contributed by atoms with Gasteiger partial charge in [-0.05, 0) is 42.8 Å². The monoisotopic (exact) mass is 398 g/mol. The van der Waals surface area contributed by atoms with Crippen LogP contribution in [0.3, 0.4) is 0 Å². The van der Waals surface area contributed by atoms with Crippen molar-refractivity contribution < 1.29 is 33.3 Å². The maximum atomic E-state index is 12.5. The van der Waals surface area contributed by atoms with E-state index in [4.69, 9.17) is 13.9 Å². The van der Waals surface area contributed by atoms with Gasteiger partial charge in [0.2, 0.25) is 0 Å². The van der Waals surface area contributed by atoms with E-state index < -0.39 is 23.9 Å². The van der Waals surface area contributed by atoms with Crippen molar-refractivity contribution in [3.05, 3.63) is 75.6 Å². The summed E-state index contributed by atoms with van der Waals surface area (Å²) in [6.45, 7) is 1.62. The highest BCUT2D eigenvalue weighted by atomic mass is 16.6. The van der Waals surface area contributed by atoms with E-state index in [-0.39, 0.29) is 29.1 Å². The third-order valence-corrected chi connectivity index (χ3v) is 4.00. The van der Waals surface area contributed by atoms with Crippen molar-refractivity contribution in [2.24, 2.45) is 0 Å². The lowest BCUT2D eigenvalue weighted by Crippen LogP contribution is -2.20. The zero-order chi connectivity index (χ0) is 21.0. The number of aliphatic hydroxyl groups excluding tert-OH is 1. The SMILES string of the molecule is COC(=O)c1ccccc1OC(=O)c1cc2cc(COC(C)O)ccc2oc1=O. The molecule has 1 atom stereocenters. The molecule has 1 aromatic heterocycles. The maximum absolute atomic E-state index is 12.5. The van der Waals surface area contributed by atoms with E-state index in [1.54, 1.807) is 30.3 Å². The predicted molar refractivity (Wildman–Crippen MR) is 102 cm³/mol. The first-order valence-corrected chi connectivity index (χ1v) is 8.65. The van der Waals surface area contributed by atoms with E-state index in [1.165, 1.54) is 32.2 Å². The van der Waals surface area contributed by atoms with Gasteiger partial charge in [-0.1, -0.05) is 18.2 Å². The Bertz CT molecular complexity index is 1110. The van der Waals surface area contributed by atoms with Crippen molar-refractivity contribution in [2.45, 2.75) is 19.8 Å². The second kappa shape index (κ2) is 8.68. The Morgan fingerprint density at radius 1 is 1.07 bits per heavy atom. The average Bonchev–Trinajstić information content (AvgIpc) is 2.71. The molecule has 8 nitrogen and oxygen atoms in total. The van der Waals surface area contributed by atoms with E-state index in [0.717, 1.165) is 0 Å². The number of hydrogen-bond donors (Lipinski definition) is 1. The molecule has 0 saturated carbocycles. The summed E-state index contributed by atoms with van der Waals surface area (Å²) in [5.41, 5.74) is -0.159. The molecule has 29 heavy (non-hydrogen) atoms. The highest BCUT2D eigenvalue weighted by Crippen LogP contribution is 2.21. The molecular weight excluding hydrogens is 380 g/mol. The molecule has 0 amide bonds. The minimum absolute atomic E-state index is 0.0390. The van der Waals surface area contributed by atoms with Crippen LogP contribution < -0.4 is 10.4 Å². The van der Waals surface area contributed by atoms with Crippen molar-refractivity contribution in [3.63, 3.8) is 0 Å². The molecule has 0 aliphatic carbocycles. The fraction of sp³-hybridized carbons (Fsp3) is 0.190. The Kier molecular flexibility index (Phi) is 6.06. The van der Waals surface area contributed by atoms with Crippen LogP contribution in [-0.4, -0.2) is 30.4 Å².